The van der Waals surface area contributed by atoms with E-state index in [1.54, 1.807) is 24.3 Å². The minimum atomic E-state index is -0.302. The monoisotopic (exact) mass is 352 g/mol. The lowest BCUT2D eigenvalue weighted by atomic mass is 10.00. The van der Waals surface area contributed by atoms with Crippen molar-refractivity contribution >= 4 is 11.8 Å². The van der Waals surface area contributed by atoms with E-state index in [1.807, 2.05) is 45.0 Å². The molecule has 1 unspecified atom stereocenters. The van der Waals surface area contributed by atoms with Crippen molar-refractivity contribution in [3.05, 3.63) is 65.2 Å². The number of hydrogen-bond donors (Lipinski definition) is 2. The summed E-state index contributed by atoms with van der Waals surface area (Å²) in [5, 5.41) is 5.97. The average Bonchev–Trinajstić information content (AvgIpc) is 2.61. The van der Waals surface area contributed by atoms with Crippen molar-refractivity contribution in [2.75, 3.05) is 6.61 Å². The Balaban J connectivity index is 1.69. The predicted octanol–water partition coefficient (Wildman–Crippen LogP) is 3.47. The molecule has 0 aliphatic carbocycles. The second kappa shape index (κ2) is 7.20. The predicted molar refractivity (Wildman–Crippen MR) is 100 cm³/mol. The van der Waals surface area contributed by atoms with Gasteiger partial charge in [0.15, 0.2) is 0 Å². The van der Waals surface area contributed by atoms with Crippen LogP contribution in [0.1, 0.15) is 59.5 Å². The van der Waals surface area contributed by atoms with Gasteiger partial charge in [0, 0.05) is 28.7 Å². The van der Waals surface area contributed by atoms with Gasteiger partial charge in [-0.2, -0.15) is 0 Å². The molecule has 0 aromatic heterocycles. The number of benzene rings is 2. The minimum Gasteiger partial charge on any atom is -0.493 e. The van der Waals surface area contributed by atoms with Crippen LogP contribution in [0.4, 0.5) is 0 Å². The van der Waals surface area contributed by atoms with E-state index in [1.165, 1.54) is 0 Å². The third kappa shape index (κ3) is 4.23. The molecule has 136 valence electrons. The van der Waals surface area contributed by atoms with Crippen molar-refractivity contribution in [3.8, 4) is 5.75 Å². The Hall–Kier alpha value is -2.82. The molecule has 26 heavy (non-hydrogen) atoms. The van der Waals surface area contributed by atoms with Gasteiger partial charge in [-0.25, -0.2) is 0 Å². The van der Waals surface area contributed by atoms with E-state index in [9.17, 15) is 9.59 Å². The Morgan fingerprint density at radius 3 is 2.23 bits per heavy atom. The first kappa shape index (κ1) is 18.0. The summed E-state index contributed by atoms with van der Waals surface area (Å²) < 4.78 is 5.63. The van der Waals surface area contributed by atoms with Crippen LogP contribution >= 0.6 is 0 Å². The standard InChI is InChI=1S/C21H24N2O3/c1-21(2,3)23-20(25)15-10-8-14(9-11-15)19(24)22-17-12-13-26-18-7-5-4-6-16(17)18/h4-11,17H,12-13H2,1-3H3,(H,22,24)(H,23,25). The van der Waals surface area contributed by atoms with Gasteiger partial charge in [-0.1, -0.05) is 18.2 Å². The minimum absolute atomic E-state index is 0.0729. The van der Waals surface area contributed by atoms with Crippen LogP contribution in [0.3, 0.4) is 0 Å². The summed E-state index contributed by atoms with van der Waals surface area (Å²) in [6.45, 7) is 6.36. The van der Waals surface area contributed by atoms with Gasteiger partial charge in [0.1, 0.15) is 5.75 Å². The Labute approximate surface area is 153 Å². The smallest absolute Gasteiger partial charge is 0.251 e. The highest BCUT2D eigenvalue weighted by molar-refractivity contribution is 5.98. The molecule has 3 rings (SSSR count). The molecule has 2 amide bonds. The van der Waals surface area contributed by atoms with Crippen LogP contribution in [-0.4, -0.2) is 24.0 Å². The number of rotatable bonds is 3. The van der Waals surface area contributed by atoms with Gasteiger partial charge >= 0.3 is 0 Å². The zero-order valence-electron chi connectivity index (χ0n) is 15.3. The number of carbonyl (C=O) groups excluding carboxylic acids is 2. The first-order chi connectivity index (χ1) is 12.3. The summed E-state index contributed by atoms with van der Waals surface area (Å²) in [7, 11) is 0. The van der Waals surface area contributed by atoms with Gasteiger partial charge in [0.25, 0.3) is 11.8 Å². The maximum atomic E-state index is 12.6. The fourth-order valence-electron chi connectivity index (χ4n) is 2.92. The highest BCUT2D eigenvalue weighted by Gasteiger charge is 2.23. The van der Waals surface area contributed by atoms with Crippen LogP contribution < -0.4 is 15.4 Å². The molecule has 2 aromatic rings. The Bertz CT molecular complexity index is 807. The summed E-state index contributed by atoms with van der Waals surface area (Å²) in [6.07, 6.45) is 0.731. The first-order valence-corrected chi connectivity index (χ1v) is 8.79. The molecule has 0 saturated heterocycles. The van der Waals surface area contributed by atoms with E-state index in [0.29, 0.717) is 17.7 Å². The molecule has 1 aliphatic heterocycles. The lowest BCUT2D eigenvalue weighted by molar-refractivity contribution is 0.0909. The van der Waals surface area contributed by atoms with Gasteiger partial charge in [-0.05, 0) is 51.1 Å². The molecule has 1 heterocycles. The molecular weight excluding hydrogens is 328 g/mol. The Kier molecular flexibility index (Phi) is 4.98. The zero-order chi connectivity index (χ0) is 18.7. The number of ether oxygens (including phenoxy) is 1. The van der Waals surface area contributed by atoms with Crippen LogP contribution in [0.25, 0.3) is 0 Å². The van der Waals surface area contributed by atoms with E-state index in [-0.39, 0.29) is 23.4 Å². The number of nitrogens with one attached hydrogen (secondary N) is 2. The SMILES string of the molecule is CC(C)(C)NC(=O)c1ccc(C(=O)NC2CCOc3ccccc32)cc1. The molecule has 2 N–H and O–H groups in total. The van der Waals surface area contributed by atoms with Crippen molar-refractivity contribution in [1.82, 2.24) is 10.6 Å². The summed E-state index contributed by atoms with van der Waals surface area (Å²) in [5.41, 5.74) is 1.76. The zero-order valence-corrected chi connectivity index (χ0v) is 15.3. The molecule has 0 bridgehead atoms. The maximum absolute atomic E-state index is 12.6. The van der Waals surface area contributed by atoms with Gasteiger partial charge in [0.05, 0.1) is 12.6 Å². The highest BCUT2D eigenvalue weighted by Crippen LogP contribution is 2.31. The van der Waals surface area contributed by atoms with Gasteiger partial charge in [-0.3, -0.25) is 9.59 Å². The first-order valence-electron chi connectivity index (χ1n) is 8.79. The molecule has 5 heteroatoms. The number of amides is 2. The lowest BCUT2D eigenvalue weighted by Gasteiger charge is -2.26. The lowest BCUT2D eigenvalue weighted by Crippen LogP contribution is -2.40. The number of para-hydroxylation sites is 1. The molecule has 0 radical (unpaired) electrons. The van der Waals surface area contributed by atoms with Crippen molar-refractivity contribution < 1.29 is 14.3 Å². The molecule has 0 saturated carbocycles. The number of carbonyl (C=O) groups is 2. The third-order valence-corrected chi connectivity index (χ3v) is 4.16. The van der Waals surface area contributed by atoms with E-state index in [0.717, 1.165) is 17.7 Å². The van der Waals surface area contributed by atoms with E-state index < -0.39 is 0 Å². The number of hydrogen-bond acceptors (Lipinski definition) is 3. The van der Waals surface area contributed by atoms with Crippen LogP contribution in [0.2, 0.25) is 0 Å². The fraction of sp³-hybridized carbons (Fsp3) is 0.333. The molecular formula is C21H24N2O3. The van der Waals surface area contributed by atoms with Crippen molar-refractivity contribution in [3.63, 3.8) is 0 Å². The molecule has 5 nitrogen and oxygen atoms in total. The topological polar surface area (TPSA) is 67.4 Å². The summed E-state index contributed by atoms with van der Waals surface area (Å²) in [4.78, 5) is 24.8. The second-order valence-corrected chi connectivity index (χ2v) is 7.48. The average molecular weight is 352 g/mol. The summed E-state index contributed by atoms with van der Waals surface area (Å²) in [6, 6.07) is 14.4. The molecule has 1 aliphatic rings. The Morgan fingerprint density at radius 2 is 1.58 bits per heavy atom. The second-order valence-electron chi connectivity index (χ2n) is 7.48. The van der Waals surface area contributed by atoms with Crippen LogP contribution in [0, 0.1) is 0 Å². The molecule has 0 spiro atoms. The van der Waals surface area contributed by atoms with Crippen LogP contribution in [-0.2, 0) is 0 Å². The number of fused-ring (bicyclic) bond motifs is 1. The van der Waals surface area contributed by atoms with Gasteiger partial charge in [0.2, 0.25) is 0 Å². The summed E-state index contributed by atoms with van der Waals surface area (Å²) in [5.74, 6) is 0.510. The van der Waals surface area contributed by atoms with E-state index in [2.05, 4.69) is 10.6 Å². The van der Waals surface area contributed by atoms with E-state index >= 15 is 0 Å². The molecule has 2 aromatic carbocycles. The van der Waals surface area contributed by atoms with Crippen molar-refractivity contribution in [1.29, 1.82) is 0 Å². The van der Waals surface area contributed by atoms with Crippen LogP contribution in [0.5, 0.6) is 5.75 Å². The van der Waals surface area contributed by atoms with Crippen molar-refractivity contribution in [2.24, 2.45) is 0 Å². The van der Waals surface area contributed by atoms with Gasteiger partial charge < -0.3 is 15.4 Å². The normalized spacial score (nSPS) is 16.2. The van der Waals surface area contributed by atoms with E-state index in [4.69, 9.17) is 4.74 Å². The van der Waals surface area contributed by atoms with Crippen molar-refractivity contribution in [2.45, 2.75) is 38.8 Å². The summed E-state index contributed by atoms with van der Waals surface area (Å²) >= 11 is 0. The largest absolute Gasteiger partial charge is 0.493 e. The fourth-order valence-corrected chi connectivity index (χ4v) is 2.92. The Morgan fingerprint density at radius 1 is 0.962 bits per heavy atom. The quantitative estimate of drug-likeness (QED) is 0.889. The highest BCUT2D eigenvalue weighted by atomic mass is 16.5. The van der Waals surface area contributed by atoms with Crippen LogP contribution in [0.15, 0.2) is 48.5 Å². The maximum Gasteiger partial charge on any atom is 0.251 e. The van der Waals surface area contributed by atoms with Gasteiger partial charge in [-0.15, -0.1) is 0 Å². The third-order valence-electron chi connectivity index (χ3n) is 4.16. The molecule has 1 atom stereocenters. The molecule has 0 fully saturated rings.